The van der Waals surface area contributed by atoms with E-state index in [4.69, 9.17) is 15.3 Å². The van der Waals surface area contributed by atoms with Gasteiger partial charge in [0.1, 0.15) is 0 Å². The molecule has 1 rings (SSSR count). The Morgan fingerprint density at radius 1 is 1.59 bits per heavy atom. The number of guanidine groups is 1. The summed E-state index contributed by atoms with van der Waals surface area (Å²) in [6.45, 7) is 5.17. The molecule has 6 heteroatoms. The zero-order valence-corrected chi connectivity index (χ0v) is 10.7. The molecule has 1 heterocycles. The number of methoxy groups -OCH3 is 1. The van der Waals surface area contributed by atoms with Crippen LogP contribution >= 0.6 is 0 Å². The predicted molar refractivity (Wildman–Crippen MR) is 67.6 cm³/mol. The first-order valence-corrected chi connectivity index (χ1v) is 6.12. The van der Waals surface area contributed by atoms with Gasteiger partial charge in [-0.3, -0.25) is 10.4 Å². The lowest BCUT2D eigenvalue weighted by Gasteiger charge is -2.30. The summed E-state index contributed by atoms with van der Waals surface area (Å²) in [6, 6.07) is 0.376. The Bertz CT molecular complexity index is 236. The molecule has 0 saturated carbocycles. The van der Waals surface area contributed by atoms with E-state index in [1.54, 1.807) is 7.11 Å². The predicted octanol–water partition coefficient (Wildman–Crippen LogP) is -0.143. The second-order valence-corrected chi connectivity index (χ2v) is 4.31. The number of rotatable bonds is 5. The maximum Gasteiger partial charge on any atom is 0.205 e. The van der Waals surface area contributed by atoms with E-state index < -0.39 is 0 Å². The van der Waals surface area contributed by atoms with Crippen LogP contribution in [0.15, 0.2) is 4.99 Å². The molecule has 0 aromatic carbocycles. The van der Waals surface area contributed by atoms with Crippen LogP contribution in [-0.4, -0.2) is 45.5 Å². The highest BCUT2D eigenvalue weighted by Gasteiger charge is 2.22. The van der Waals surface area contributed by atoms with Crippen molar-refractivity contribution in [3.63, 3.8) is 0 Å². The van der Waals surface area contributed by atoms with Crippen molar-refractivity contribution in [2.45, 2.75) is 25.8 Å². The molecule has 0 amide bonds. The number of aliphatic imine (C=N–C) groups is 1. The maximum absolute atomic E-state index is 5.44. The molecular formula is C11H24N4O2. The number of hydrogen-bond donors (Lipinski definition) is 3. The lowest BCUT2D eigenvalue weighted by atomic mass is 9.98. The van der Waals surface area contributed by atoms with Crippen LogP contribution in [0.2, 0.25) is 0 Å². The van der Waals surface area contributed by atoms with E-state index in [9.17, 15) is 0 Å². The highest BCUT2D eigenvalue weighted by molar-refractivity contribution is 5.79. The fourth-order valence-electron chi connectivity index (χ4n) is 1.80. The molecule has 0 bridgehead atoms. The third-order valence-electron chi connectivity index (χ3n) is 2.88. The fourth-order valence-corrected chi connectivity index (χ4v) is 1.80. The topological polar surface area (TPSA) is 80.9 Å². The van der Waals surface area contributed by atoms with E-state index in [1.807, 2.05) is 0 Å². The Morgan fingerprint density at radius 2 is 2.41 bits per heavy atom. The maximum atomic E-state index is 5.44. The van der Waals surface area contributed by atoms with Crippen molar-refractivity contribution >= 4 is 5.96 Å². The first kappa shape index (κ1) is 14.2. The van der Waals surface area contributed by atoms with E-state index in [0.29, 0.717) is 24.5 Å². The quantitative estimate of drug-likeness (QED) is 0.206. The van der Waals surface area contributed by atoms with Crippen LogP contribution in [0.5, 0.6) is 0 Å². The molecule has 0 aliphatic carbocycles. The lowest BCUT2D eigenvalue weighted by molar-refractivity contribution is 0.0438. The van der Waals surface area contributed by atoms with Gasteiger partial charge in [0.15, 0.2) is 0 Å². The Hall–Kier alpha value is -0.850. The van der Waals surface area contributed by atoms with Gasteiger partial charge in [-0.2, -0.15) is 0 Å². The van der Waals surface area contributed by atoms with Crippen LogP contribution < -0.4 is 16.6 Å². The van der Waals surface area contributed by atoms with Crippen LogP contribution in [0, 0.1) is 5.92 Å². The van der Waals surface area contributed by atoms with Crippen LogP contribution in [0.3, 0.4) is 0 Å². The second-order valence-electron chi connectivity index (χ2n) is 4.31. The number of nitrogens with one attached hydrogen (secondary N) is 2. The summed E-state index contributed by atoms with van der Waals surface area (Å²) < 4.78 is 10.4. The molecule has 0 aromatic rings. The van der Waals surface area contributed by atoms with Gasteiger partial charge in [0.2, 0.25) is 5.96 Å². The van der Waals surface area contributed by atoms with Gasteiger partial charge >= 0.3 is 0 Å². The van der Waals surface area contributed by atoms with Crippen molar-refractivity contribution < 1.29 is 9.47 Å². The Balaban J connectivity index is 2.33. The molecule has 0 spiro atoms. The van der Waals surface area contributed by atoms with Crippen molar-refractivity contribution in [2.24, 2.45) is 16.8 Å². The van der Waals surface area contributed by atoms with Crippen molar-refractivity contribution in [3.8, 4) is 0 Å². The summed E-state index contributed by atoms with van der Waals surface area (Å²) in [5.74, 6) is 6.57. The summed E-state index contributed by atoms with van der Waals surface area (Å²) in [5.41, 5.74) is 2.60. The third-order valence-corrected chi connectivity index (χ3v) is 2.88. The molecule has 17 heavy (non-hydrogen) atoms. The Kier molecular flexibility index (Phi) is 6.91. The molecule has 4 N–H and O–H groups in total. The van der Waals surface area contributed by atoms with E-state index in [1.165, 1.54) is 0 Å². The SMILES string of the molecule is COCCCN=C(NN)NC1CCOCC1C. The molecule has 1 aliphatic heterocycles. The molecule has 0 aromatic heterocycles. The van der Waals surface area contributed by atoms with E-state index in [-0.39, 0.29) is 0 Å². The minimum absolute atomic E-state index is 0.376. The molecule has 0 radical (unpaired) electrons. The summed E-state index contributed by atoms with van der Waals surface area (Å²) >= 11 is 0. The highest BCUT2D eigenvalue weighted by Crippen LogP contribution is 2.13. The van der Waals surface area contributed by atoms with Gasteiger partial charge in [-0.05, 0) is 18.8 Å². The number of nitrogens with zero attached hydrogens (tertiary/aromatic N) is 1. The lowest BCUT2D eigenvalue weighted by Crippen LogP contribution is -2.51. The van der Waals surface area contributed by atoms with Crippen LogP contribution in [-0.2, 0) is 9.47 Å². The zero-order valence-electron chi connectivity index (χ0n) is 10.7. The summed E-state index contributed by atoms with van der Waals surface area (Å²) in [6.07, 6.45) is 1.88. The van der Waals surface area contributed by atoms with Gasteiger partial charge in [-0.15, -0.1) is 0 Å². The van der Waals surface area contributed by atoms with Crippen LogP contribution in [0.25, 0.3) is 0 Å². The molecule has 2 atom stereocenters. The van der Waals surface area contributed by atoms with Crippen LogP contribution in [0.1, 0.15) is 19.8 Å². The number of ether oxygens (including phenoxy) is 2. The smallest absolute Gasteiger partial charge is 0.205 e. The van der Waals surface area contributed by atoms with Crippen molar-refractivity contribution in [3.05, 3.63) is 0 Å². The molecule has 6 nitrogen and oxygen atoms in total. The van der Waals surface area contributed by atoms with Crippen molar-refractivity contribution in [1.29, 1.82) is 0 Å². The minimum atomic E-state index is 0.376. The number of hydrogen-bond acceptors (Lipinski definition) is 4. The largest absolute Gasteiger partial charge is 0.385 e. The van der Waals surface area contributed by atoms with Crippen molar-refractivity contribution in [2.75, 3.05) is 33.5 Å². The summed E-state index contributed by atoms with van der Waals surface area (Å²) in [5, 5.41) is 3.33. The standard InChI is InChI=1S/C11H24N4O2/c1-9-8-17-7-4-10(9)14-11(15-12)13-5-3-6-16-2/h9-10H,3-8,12H2,1-2H3,(H2,13,14,15). The second kappa shape index (κ2) is 8.27. The third kappa shape index (κ3) is 5.34. The molecule has 1 saturated heterocycles. The number of hydrazine groups is 1. The van der Waals surface area contributed by atoms with Gasteiger partial charge < -0.3 is 14.8 Å². The average Bonchev–Trinajstić information content (AvgIpc) is 2.35. The van der Waals surface area contributed by atoms with Gasteiger partial charge in [-0.25, -0.2) is 5.84 Å². The summed E-state index contributed by atoms with van der Waals surface area (Å²) in [7, 11) is 1.69. The van der Waals surface area contributed by atoms with Crippen molar-refractivity contribution in [1.82, 2.24) is 10.7 Å². The van der Waals surface area contributed by atoms with E-state index >= 15 is 0 Å². The number of nitrogens with two attached hydrogens (primary N) is 1. The van der Waals surface area contributed by atoms with Gasteiger partial charge in [0, 0.05) is 32.9 Å². The van der Waals surface area contributed by atoms with Gasteiger partial charge in [0.25, 0.3) is 0 Å². The molecule has 1 aliphatic rings. The van der Waals surface area contributed by atoms with E-state index in [0.717, 1.165) is 32.7 Å². The van der Waals surface area contributed by atoms with E-state index in [2.05, 4.69) is 22.7 Å². The zero-order chi connectivity index (χ0) is 12.5. The summed E-state index contributed by atoms with van der Waals surface area (Å²) in [4.78, 5) is 4.36. The average molecular weight is 244 g/mol. The molecule has 2 unspecified atom stereocenters. The molecule has 1 fully saturated rings. The fraction of sp³-hybridized carbons (Fsp3) is 0.909. The Labute approximate surface area is 103 Å². The first-order chi connectivity index (χ1) is 8.27. The normalized spacial score (nSPS) is 25.7. The van der Waals surface area contributed by atoms with Gasteiger partial charge in [-0.1, -0.05) is 6.92 Å². The first-order valence-electron chi connectivity index (χ1n) is 6.12. The highest BCUT2D eigenvalue weighted by atomic mass is 16.5. The monoisotopic (exact) mass is 244 g/mol. The Morgan fingerprint density at radius 3 is 3.06 bits per heavy atom. The van der Waals surface area contributed by atoms with Gasteiger partial charge in [0.05, 0.1) is 6.61 Å². The molecular weight excluding hydrogens is 220 g/mol. The van der Waals surface area contributed by atoms with Crippen LogP contribution in [0.4, 0.5) is 0 Å². The molecule has 100 valence electrons. The minimum Gasteiger partial charge on any atom is -0.385 e.